The summed E-state index contributed by atoms with van der Waals surface area (Å²) in [5.41, 5.74) is 0.376. The molecule has 0 saturated heterocycles. The van der Waals surface area contributed by atoms with Crippen LogP contribution in [0.15, 0.2) is 30.9 Å². The van der Waals surface area contributed by atoms with Gasteiger partial charge in [-0.2, -0.15) is 0 Å². The molecule has 0 bridgehead atoms. The van der Waals surface area contributed by atoms with Gasteiger partial charge in [0.05, 0.1) is 6.04 Å². The molecule has 1 aromatic rings. The summed E-state index contributed by atoms with van der Waals surface area (Å²) in [6.45, 7) is 7.09. The molecule has 0 aliphatic rings. The van der Waals surface area contributed by atoms with Crippen molar-refractivity contribution >= 4 is 35.1 Å². The van der Waals surface area contributed by atoms with Crippen LogP contribution in [-0.2, 0) is 9.53 Å². The van der Waals surface area contributed by atoms with Gasteiger partial charge in [0, 0.05) is 22.5 Å². The SMILES string of the molecule is C=C[C@@H](C#CC#C[C@@H](CCCCCCCCC)NC(=O)c1cc(Cl)cc(Cl)c1)OC(C)=O. The molecule has 2 atom stereocenters. The molecule has 1 rings (SSSR count). The van der Waals surface area contributed by atoms with Crippen LogP contribution < -0.4 is 5.32 Å². The van der Waals surface area contributed by atoms with Gasteiger partial charge in [0.25, 0.3) is 5.91 Å². The summed E-state index contributed by atoms with van der Waals surface area (Å²) in [7, 11) is 0. The lowest BCUT2D eigenvalue weighted by Crippen LogP contribution is -2.33. The number of carbonyl (C=O) groups is 2. The third kappa shape index (κ3) is 12.5. The molecule has 0 heterocycles. The maximum Gasteiger partial charge on any atom is 0.304 e. The Kier molecular flexibility index (Phi) is 14.0. The normalized spacial score (nSPS) is 11.8. The molecule has 172 valence electrons. The number of hydrogen-bond acceptors (Lipinski definition) is 3. The van der Waals surface area contributed by atoms with E-state index < -0.39 is 12.1 Å². The molecule has 6 heteroatoms. The van der Waals surface area contributed by atoms with Crippen LogP contribution >= 0.6 is 23.2 Å². The number of halogens is 2. The first-order valence-corrected chi connectivity index (χ1v) is 11.7. The number of ether oxygens (including phenoxy) is 1. The van der Waals surface area contributed by atoms with Crippen LogP contribution in [0.1, 0.15) is 75.6 Å². The number of hydrogen-bond donors (Lipinski definition) is 1. The molecule has 0 radical (unpaired) electrons. The average molecular weight is 476 g/mol. The lowest BCUT2D eigenvalue weighted by atomic mass is 10.0. The van der Waals surface area contributed by atoms with Crippen molar-refractivity contribution in [3.63, 3.8) is 0 Å². The summed E-state index contributed by atoms with van der Waals surface area (Å²) >= 11 is 12.0. The summed E-state index contributed by atoms with van der Waals surface area (Å²) in [6.07, 6.45) is 9.58. The standard InChI is InChI=1S/C26H31Cl2NO3/c1-4-6-7-8-9-10-11-14-24(15-12-13-16-25(5-2)32-20(3)30)29-26(31)21-17-22(27)19-23(28)18-21/h5,17-19,24-25H,2,4,6-11,14H2,1,3H3,(H,29,31)/t24-,25+/m1/s1. The molecular formula is C26H31Cl2NO3. The van der Waals surface area contributed by atoms with Crippen molar-refractivity contribution in [3.8, 4) is 23.7 Å². The predicted molar refractivity (Wildman–Crippen MR) is 132 cm³/mol. The molecule has 0 spiro atoms. The predicted octanol–water partition coefficient (Wildman–Crippen LogP) is 6.36. The van der Waals surface area contributed by atoms with Crippen molar-refractivity contribution in [1.82, 2.24) is 5.32 Å². The second-order valence-electron chi connectivity index (χ2n) is 7.40. The molecule has 0 unspecified atom stereocenters. The molecule has 0 saturated carbocycles. The molecule has 1 aromatic carbocycles. The van der Waals surface area contributed by atoms with Crippen molar-refractivity contribution in [2.24, 2.45) is 0 Å². The minimum atomic E-state index is -0.716. The van der Waals surface area contributed by atoms with Gasteiger partial charge in [0.1, 0.15) is 0 Å². The maximum absolute atomic E-state index is 12.7. The van der Waals surface area contributed by atoms with Crippen LogP contribution in [0.5, 0.6) is 0 Å². The lowest BCUT2D eigenvalue weighted by Gasteiger charge is -2.13. The average Bonchev–Trinajstić information content (AvgIpc) is 2.73. The highest BCUT2D eigenvalue weighted by Gasteiger charge is 2.13. The number of unbranched alkanes of at least 4 members (excludes halogenated alkanes) is 6. The van der Waals surface area contributed by atoms with Crippen LogP contribution in [-0.4, -0.2) is 24.0 Å². The van der Waals surface area contributed by atoms with E-state index in [1.54, 1.807) is 18.2 Å². The van der Waals surface area contributed by atoms with E-state index >= 15 is 0 Å². The highest BCUT2D eigenvalue weighted by molar-refractivity contribution is 6.35. The van der Waals surface area contributed by atoms with E-state index in [1.165, 1.54) is 45.1 Å². The molecule has 1 N–H and O–H groups in total. The minimum absolute atomic E-state index is 0.298. The van der Waals surface area contributed by atoms with Crippen LogP contribution in [0.3, 0.4) is 0 Å². The van der Waals surface area contributed by atoms with E-state index in [2.05, 4.69) is 42.5 Å². The van der Waals surface area contributed by atoms with Crippen molar-refractivity contribution < 1.29 is 14.3 Å². The van der Waals surface area contributed by atoms with E-state index in [1.807, 2.05) is 0 Å². The summed E-state index contributed by atoms with van der Waals surface area (Å²) in [5.74, 6) is 10.4. The van der Waals surface area contributed by atoms with Crippen molar-refractivity contribution in [2.45, 2.75) is 77.4 Å². The third-order valence-corrected chi connectivity index (χ3v) is 4.99. The Bertz CT molecular complexity index is 870. The van der Waals surface area contributed by atoms with Gasteiger partial charge in [-0.3, -0.25) is 9.59 Å². The Hall–Kier alpha value is -2.40. The second kappa shape index (κ2) is 16.3. The number of carbonyl (C=O) groups excluding carboxylic acids is 2. The number of benzene rings is 1. The summed E-state index contributed by atoms with van der Waals surface area (Å²) in [5, 5.41) is 3.72. The molecular weight excluding hydrogens is 445 g/mol. The van der Waals surface area contributed by atoms with Gasteiger partial charge < -0.3 is 10.1 Å². The van der Waals surface area contributed by atoms with Crippen LogP contribution in [0.2, 0.25) is 10.0 Å². The fraction of sp³-hybridized carbons (Fsp3) is 0.462. The minimum Gasteiger partial charge on any atom is -0.445 e. The van der Waals surface area contributed by atoms with Crippen molar-refractivity contribution in [1.29, 1.82) is 0 Å². The van der Waals surface area contributed by atoms with E-state index in [-0.39, 0.29) is 11.9 Å². The first-order valence-electron chi connectivity index (χ1n) is 10.9. The highest BCUT2D eigenvalue weighted by Crippen LogP contribution is 2.19. The van der Waals surface area contributed by atoms with Gasteiger partial charge in [-0.25, -0.2) is 0 Å². The fourth-order valence-corrected chi connectivity index (χ4v) is 3.48. The first kappa shape index (κ1) is 27.6. The zero-order valence-electron chi connectivity index (χ0n) is 18.8. The van der Waals surface area contributed by atoms with Gasteiger partial charge in [-0.1, -0.05) is 87.6 Å². The molecule has 32 heavy (non-hydrogen) atoms. The third-order valence-electron chi connectivity index (χ3n) is 4.56. The van der Waals surface area contributed by atoms with E-state index in [0.717, 1.165) is 12.8 Å². The van der Waals surface area contributed by atoms with Gasteiger partial charge in [-0.05, 0) is 48.5 Å². The van der Waals surface area contributed by atoms with E-state index in [9.17, 15) is 9.59 Å². The monoisotopic (exact) mass is 475 g/mol. The van der Waals surface area contributed by atoms with Gasteiger partial charge in [0.15, 0.2) is 6.10 Å². The van der Waals surface area contributed by atoms with E-state index in [0.29, 0.717) is 22.0 Å². The van der Waals surface area contributed by atoms with Crippen LogP contribution in [0, 0.1) is 23.7 Å². The summed E-state index contributed by atoms with van der Waals surface area (Å²) in [6, 6.07) is 4.33. The Labute approximate surface area is 202 Å². The maximum atomic E-state index is 12.7. The Morgan fingerprint density at radius 1 is 1.03 bits per heavy atom. The van der Waals surface area contributed by atoms with Crippen molar-refractivity contribution in [2.75, 3.05) is 0 Å². The topological polar surface area (TPSA) is 55.4 Å². The van der Waals surface area contributed by atoms with Crippen LogP contribution in [0.25, 0.3) is 0 Å². The molecule has 0 aliphatic carbocycles. The summed E-state index contributed by atoms with van der Waals surface area (Å²) < 4.78 is 4.98. The molecule has 1 amide bonds. The molecule has 0 aliphatic heterocycles. The Morgan fingerprint density at radius 2 is 1.62 bits per heavy atom. The smallest absolute Gasteiger partial charge is 0.304 e. The largest absolute Gasteiger partial charge is 0.445 e. The number of esters is 1. The van der Waals surface area contributed by atoms with E-state index in [4.69, 9.17) is 27.9 Å². The summed E-state index contributed by atoms with van der Waals surface area (Å²) in [4.78, 5) is 23.7. The Balaban J connectivity index is 2.79. The molecule has 0 aromatic heterocycles. The van der Waals surface area contributed by atoms with Crippen LogP contribution in [0.4, 0.5) is 0 Å². The van der Waals surface area contributed by atoms with Crippen molar-refractivity contribution in [3.05, 3.63) is 46.5 Å². The molecule has 0 fully saturated rings. The zero-order valence-corrected chi connectivity index (χ0v) is 20.3. The lowest BCUT2D eigenvalue weighted by molar-refractivity contribution is -0.142. The fourth-order valence-electron chi connectivity index (χ4n) is 2.96. The Morgan fingerprint density at radius 3 is 2.22 bits per heavy atom. The van der Waals surface area contributed by atoms with Gasteiger partial charge in [-0.15, -0.1) is 0 Å². The second-order valence-corrected chi connectivity index (χ2v) is 8.27. The first-order chi connectivity index (χ1) is 15.3. The van der Waals surface area contributed by atoms with Gasteiger partial charge >= 0.3 is 5.97 Å². The highest BCUT2D eigenvalue weighted by atomic mass is 35.5. The number of amides is 1. The van der Waals surface area contributed by atoms with Gasteiger partial charge in [0.2, 0.25) is 0 Å². The molecule has 4 nitrogen and oxygen atoms in total. The number of rotatable bonds is 12. The quantitative estimate of drug-likeness (QED) is 0.165. The zero-order chi connectivity index (χ0) is 23.8. The number of nitrogens with one attached hydrogen (secondary N) is 1.